The maximum Gasteiger partial charge on any atom is 0.332 e. The second kappa shape index (κ2) is 10.00. The van der Waals surface area contributed by atoms with Crippen molar-refractivity contribution in [1.82, 2.24) is 5.32 Å². The van der Waals surface area contributed by atoms with E-state index in [2.05, 4.69) is 18.5 Å². The Morgan fingerprint density at radius 3 is 2.58 bits per heavy atom. The topological polar surface area (TPSA) is 47.6 Å². The first-order valence-electron chi connectivity index (χ1n) is 6.44. The summed E-state index contributed by atoms with van der Waals surface area (Å²) >= 11 is 0. The first-order valence-corrected chi connectivity index (χ1v) is 6.44. The van der Waals surface area contributed by atoms with Crippen LogP contribution in [-0.2, 0) is 14.3 Å². The monoisotopic (exact) mass is 265 g/mol. The average molecular weight is 265 g/mol. The quantitative estimate of drug-likeness (QED) is 0.794. The molecular formula is C15H23NO3. The number of rotatable bonds is 4. The highest BCUT2D eigenvalue weighted by Crippen LogP contribution is 2.16. The van der Waals surface area contributed by atoms with Crippen LogP contribution in [0, 0.1) is 0 Å². The third-order valence-corrected chi connectivity index (χ3v) is 2.13. The number of carbonyl (C=O) groups excluding carboxylic acids is 1. The van der Waals surface area contributed by atoms with Crippen LogP contribution < -0.4 is 5.32 Å². The Labute approximate surface area is 115 Å². The highest BCUT2D eigenvalue weighted by atomic mass is 16.5. The van der Waals surface area contributed by atoms with E-state index in [1.54, 1.807) is 31.2 Å². The molecule has 1 heterocycles. The van der Waals surface area contributed by atoms with Gasteiger partial charge in [-0.05, 0) is 19.1 Å². The second-order valence-electron chi connectivity index (χ2n) is 3.34. The molecule has 19 heavy (non-hydrogen) atoms. The highest BCUT2D eigenvalue weighted by Gasteiger charge is 2.27. The fraction of sp³-hybridized carbons (Fsp3) is 0.400. The van der Waals surface area contributed by atoms with Crippen LogP contribution in [0.4, 0.5) is 0 Å². The van der Waals surface area contributed by atoms with Crippen LogP contribution in [0.15, 0.2) is 48.9 Å². The van der Waals surface area contributed by atoms with Gasteiger partial charge in [0, 0.05) is 0 Å². The molecule has 1 rings (SSSR count). The largest absolute Gasteiger partial charge is 0.489 e. The average Bonchev–Trinajstić information content (AvgIpc) is 2.44. The molecule has 106 valence electrons. The predicted octanol–water partition coefficient (Wildman–Crippen LogP) is 2.70. The molecule has 4 heteroatoms. The fourth-order valence-electron chi connectivity index (χ4n) is 1.41. The molecule has 0 bridgehead atoms. The fourth-order valence-corrected chi connectivity index (χ4v) is 1.41. The molecule has 1 N–H and O–H groups in total. The normalized spacial score (nSPS) is 21.5. The van der Waals surface area contributed by atoms with Crippen LogP contribution in [-0.4, -0.2) is 25.2 Å². The molecule has 0 aromatic rings. The smallest absolute Gasteiger partial charge is 0.332 e. The van der Waals surface area contributed by atoms with E-state index in [4.69, 9.17) is 9.47 Å². The Bertz CT molecular complexity index is 370. The maximum atomic E-state index is 11.6. The van der Waals surface area contributed by atoms with E-state index in [9.17, 15) is 4.79 Å². The zero-order valence-electron chi connectivity index (χ0n) is 11.9. The Morgan fingerprint density at radius 2 is 2.05 bits per heavy atom. The minimum atomic E-state index is -0.483. The van der Waals surface area contributed by atoms with Crippen molar-refractivity contribution >= 4 is 5.97 Å². The second-order valence-corrected chi connectivity index (χ2v) is 3.34. The molecule has 0 radical (unpaired) electrons. The molecule has 0 amide bonds. The van der Waals surface area contributed by atoms with Crippen molar-refractivity contribution in [3.05, 3.63) is 48.9 Å². The van der Waals surface area contributed by atoms with Gasteiger partial charge in [-0.2, -0.15) is 0 Å². The first kappa shape index (κ1) is 17.0. The van der Waals surface area contributed by atoms with Gasteiger partial charge in [-0.15, -0.1) is 0 Å². The molecule has 0 aliphatic carbocycles. The number of allylic oxidation sites excluding steroid dienone is 4. The van der Waals surface area contributed by atoms with Crippen LogP contribution in [0.25, 0.3) is 0 Å². The molecule has 1 fully saturated rings. The third-order valence-electron chi connectivity index (χ3n) is 2.13. The van der Waals surface area contributed by atoms with Crippen molar-refractivity contribution in [3.63, 3.8) is 0 Å². The summed E-state index contributed by atoms with van der Waals surface area (Å²) in [7, 11) is 0. The van der Waals surface area contributed by atoms with Gasteiger partial charge in [-0.3, -0.25) is 0 Å². The number of esters is 1. The summed E-state index contributed by atoms with van der Waals surface area (Å²) in [5, 5.41) is 3.05. The van der Waals surface area contributed by atoms with Gasteiger partial charge >= 0.3 is 5.97 Å². The highest BCUT2D eigenvalue weighted by molar-refractivity contribution is 5.76. The molecular weight excluding hydrogens is 242 g/mol. The standard InChI is InChI=1S/C13H17NO3.C2H6/c1-4-7-10-12(8-5-2)17-9-11(14-10)13(15)16-6-3;1-2/h4-5,7-8,11,14H,1-2,6,9H2,3H3;1-2H3/b10-7+,12-8+;. The van der Waals surface area contributed by atoms with Crippen molar-refractivity contribution in [2.45, 2.75) is 26.8 Å². The molecule has 0 aromatic heterocycles. The van der Waals surface area contributed by atoms with E-state index >= 15 is 0 Å². The zero-order valence-corrected chi connectivity index (χ0v) is 11.9. The Kier molecular flexibility index (Phi) is 8.96. The molecule has 0 saturated carbocycles. The molecule has 1 aliphatic heterocycles. The van der Waals surface area contributed by atoms with Gasteiger partial charge < -0.3 is 14.8 Å². The van der Waals surface area contributed by atoms with Crippen LogP contribution in [0.2, 0.25) is 0 Å². The number of hydrogen-bond donors (Lipinski definition) is 1. The van der Waals surface area contributed by atoms with Gasteiger partial charge in [-0.25, -0.2) is 4.79 Å². The summed E-state index contributed by atoms with van der Waals surface area (Å²) in [6, 6.07) is -0.483. The molecule has 1 saturated heterocycles. The van der Waals surface area contributed by atoms with Gasteiger partial charge in [0.25, 0.3) is 0 Å². The van der Waals surface area contributed by atoms with E-state index in [1.807, 2.05) is 13.8 Å². The van der Waals surface area contributed by atoms with Gasteiger partial charge in [0.15, 0.2) is 6.04 Å². The number of carbonyl (C=O) groups is 1. The van der Waals surface area contributed by atoms with Gasteiger partial charge in [0.05, 0.1) is 12.3 Å². The lowest BCUT2D eigenvalue weighted by molar-refractivity contribution is -0.147. The summed E-state index contributed by atoms with van der Waals surface area (Å²) in [5.41, 5.74) is 0.698. The van der Waals surface area contributed by atoms with Crippen molar-refractivity contribution in [3.8, 4) is 0 Å². The molecule has 1 atom stereocenters. The molecule has 1 unspecified atom stereocenters. The van der Waals surface area contributed by atoms with Crippen LogP contribution in [0.1, 0.15) is 20.8 Å². The summed E-state index contributed by atoms with van der Waals surface area (Å²) < 4.78 is 10.4. The van der Waals surface area contributed by atoms with E-state index in [0.717, 1.165) is 0 Å². The lowest BCUT2D eigenvalue weighted by Crippen LogP contribution is -2.45. The summed E-state index contributed by atoms with van der Waals surface area (Å²) in [4.78, 5) is 11.6. The molecule has 0 spiro atoms. The molecule has 4 nitrogen and oxygen atoms in total. The van der Waals surface area contributed by atoms with E-state index < -0.39 is 6.04 Å². The van der Waals surface area contributed by atoms with Crippen molar-refractivity contribution in [2.75, 3.05) is 13.2 Å². The summed E-state index contributed by atoms with van der Waals surface area (Å²) in [6.07, 6.45) is 6.71. The van der Waals surface area contributed by atoms with Crippen LogP contribution >= 0.6 is 0 Å². The lowest BCUT2D eigenvalue weighted by atomic mass is 10.2. The molecule has 0 aromatic carbocycles. The lowest BCUT2D eigenvalue weighted by Gasteiger charge is -2.27. The number of ether oxygens (including phenoxy) is 2. The Balaban J connectivity index is 0.00000154. The molecule has 1 aliphatic rings. The summed E-state index contributed by atoms with van der Waals surface area (Å²) in [6.45, 7) is 13.6. The maximum absolute atomic E-state index is 11.6. The minimum Gasteiger partial charge on any atom is -0.489 e. The first-order chi connectivity index (χ1) is 9.22. The predicted molar refractivity (Wildman–Crippen MR) is 77.4 cm³/mol. The third kappa shape index (κ3) is 5.46. The number of nitrogens with one attached hydrogen (secondary N) is 1. The zero-order chi connectivity index (χ0) is 14.7. The van der Waals surface area contributed by atoms with Gasteiger partial charge in [-0.1, -0.05) is 39.2 Å². The van der Waals surface area contributed by atoms with Crippen LogP contribution in [0.3, 0.4) is 0 Å². The SMILES string of the molecule is C=C/C=C1/NC(C(=O)OCC)CO/C1=C/C=C.CC. The minimum absolute atomic E-state index is 0.243. The summed E-state index contributed by atoms with van der Waals surface area (Å²) in [5.74, 6) is 0.320. The van der Waals surface area contributed by atoms with E-state index in [-0.39, 0.29) is 12.6 Å². The van der Waals surface area contributed by atoms with Gasteiger partial charge in [0.2, 0.25) is 0 Å². The van der Waals surface area contributed by atoms with E-state index in [0.29, 0.717) is 18.1 Å². The Morgan fingerprint density at radius 1 is 1.42 bits per heavy atom. The Hall–Kier alpha value is -1.97. The van der Waals surface area contributed by atoms with Crippen molar-refractivity contribution < 1.29 is 14.3 Å². The number of morpholine rings is 1. The van der Waals surface area contributed by atoms with Crippen molar-refractivity contribution in [1.29, 1.82) is 0 Å². The van der Waals surface area contributed by atoms with E-state index in [1.165, 1.54) is 0 Å². The number of hydrogen-bond acceptors (Lipinski definition) is 4. The van der Waals surface area contributed by atoms with Crippen LogP contribution in [0.5, 0.6) is 0 Å². The van der Waals surface area contributed by atoms with Gasteiger partial charge in [0.1, 0.15) is 12.4 Å². The van der Waals surface area contributed by atoms with Crippen molar-refractivity contribution in [2.24, 2.45) is 0 Å².